The third kappa shape index (κ3) is 1.91. The Morgan fingerprint density at radius 3 is 2.64 bits per heavy atom. The van der Waals surface area contributed by atoms with Gasteiger partial charge in [-0.2, -0.15) is 5.26 Å². The Hall–Kier alpha value is -1.61. The van der Waals surface area contributed by atoms with Crippen molar-refractivity contribution in [3.8, 4) is 11.8 Å². The molecular formula is C5H4BN3O2. The zero-order valence-electron chi connectivity index (χ0n) is 5.56. The van der Waals surface area contributed by atoms with E-state index < -0.39 is 7.69 Å². The Labute approximate surface area is 63.6 Å². The Bertz CT molecular complexity index is 268. The zero-order chi connectivity index (χ0) is 8.10. The van der Waals surface area contributed by atoms with Crippen molar-refractivity contribution in [1.82, 2.24) is 9.97 Å². The number of aromatic nitrogens is 2. The first-order valence-electron chi connectivity index (χ1n) is 2.82. The lowest BCUT2D eigenvalue weighted by Crippen LogP contribution is -2.01. The van der Waals surface area contributed by atoms with Gasteiger partial charge in [-0.05, 0) is 0 Å². The lowest BCUT2D eigenvalue weighted by molar-refractivity contribution is 0.451. The van der Waals surface area contributed by atoms with Gasteiger partial charge in [0.1, 0.15) is 11.8 Å². The molecule has 6 heteroatoms. The summed E-state index contributed by atoms with van der Waals surface area (Å²) in [6.07, 6.45) is 2.64. The predicted octanol–water partition coefficient (Wildman–Crippen LogP) is -1.01. The molecule has 1 aromatic heterocycles. The van der Waals surface area contributed by atoms with Crippen molar-refractivity contribution < 1.29 is 9.68 Å². The van der Waals surface area contributed by atoms with Gasteiger partial charge in [-0.1, -0.05) is 0 Å². The fourth-order valence-corrected chi connectivity index (χ4v) is 0.523. The van der Waals surface area contributed by atoms with Crippen LogP contribution < -0.4 is 4.65 Å². The van der Waals surface area contributed by atoms with Crippen LogP contribution in [0.25, 0.3) is 0 Å². The highest BCUT2D eigenvalue weighted by atomic mass is 16.5. The monoisotopic (exact) mass is 149 g/mol. The van der Waals surface area contributed by atoms with Crippen molar-refractivity contribution in [2.24, 2.45) is 0 Å². The molecule has 0 aliphatic heterocycles. The molecule has 0 unspecified atom stereocenters. The molecule has 54 valence electrons. The van der Waals surface area contributed by atoms with Crippen molar-refractivity contribution in [2.45, 2.75) is 0 Å². The molecule has 0 amide bonds. The van der Waals surface area contributed by atoms with Crippen LogP contribution in [0.2, 0.25) is 0 Å². The summed E-state index contributed by atoms with van der Waals surface area (Å²) >= 11 is 0. The van der Waals surface area contributed by atoms with Crippen LogP contribution in [0.3, 0.4) is 0 Å². The first kappa shape index (κ1) is 7.50. The molecule has 0 aliphatic carbocycles. The molecule has 0 atom stereocenters. The highest BCUT2D eigenvalue weighted by Gasteiger charge is 1.95. The summed E-state index contributed by atoms with van der Waals surface area (Å²) in [4.78, 5) is 7.21. The van der Waals surface area contributed by atoms with E-state index in [9.17, 15) is 0 Å². The Morgan fingerprint density at radius 2 is 2.18 bits per heavy atom. The third-order valence-electron chi connectivity index (χ3n) is 0.959. The van der Waals surface area contributed by atoms with Gasteiger partial charge < -0.3 is 9.68 Å². The zero-order valence-corrected chi connectivity index (χ0v) is 5.56. The van der Waals surface area contributed by atoms with E-state index in [1.807, 2.05) is 0 Å². The molecule has 0 saturated heterocycles. The van der Waals surface area contributed by atoms with Gasteiger partial charge in [-0.15, -0.1) is 0 Å². The largest absolute Gasteiger partial charge is 0.537 e. The molecular weight excluding hydrogens is 145 g/mol. The van der Waals surface area contributed by atoms with Crippen LogP contribution >= 0.6 is 0 Å². The second-order valence-corrected chi connectivity index (χ2v) is 1.63. The number of nitrogens with zero attached hydrogens (tertiary/aromatic N) is 3. The maximum atomic E-state index is 8.30. The summed E-state index contributed by atoms with van der Waals surface area (Å²) in [5.74, 6) is 0.418. The molecule has 1 N–H and O–H groups in total. The Kier molecular flexibility index (Phi) is 2.41. The second kappa shape index (κ2) is 3.54. The highest BCUT2D eigenvalue weighted by Crippen LogP contribution is 2.03. The number of hydrogen-bond acceptors (Lipinski definition) is 5. The summed E-state index contributed by atoms with van der Waals surface area (Å²) in [7, 11) is -0.421. The van der Waals surface area contributed by atoms with Crippen LogP contribution in [0, 0.1) is 11.3 Å². The van der Waals surface area contributed by atoms with Crippen LogP contribution in [0.1, 0.15) is 5.82 Å². The molecule has 11 heavy (non-hydrogen) atoms. The number of rotatable bonds is 2. The van der Waals surface area contributed by atoms with Crippen LogP contribution in [0.5, 0.6) is 5.75 Å². The lowest BCUT2D eigenvalue weighted by atomic mass is 10.4. The van der Waals surface area contributed by atoms with Gasteiger partial charge in [0.2, 0.25) is 5.82 Å². The van der Waals surface area contributed by atoms with E-state index in [0.717, 1.165) is 0 Å². The van der Waals surface area contributed by atoms with E-state index >= 15 is 0 Å². The van der Waals surface area contributed by atoms with E-state index in [-0.39, 0.29) is 5.82 Å². The quantitative estimate of drug-likeness (QED) is 0.544. The molecule has 0 saturated carbocycles. The van der Waals surface area contributed by atoms with E-state index in [1.54, 1.807) is 6.07 Å². The first-order valence-corrected chi connectivity index (χ1v) is 2.82. The van der Waals surface area contributed by atoms with Crippen LogP contribution in [-0.2, 0) is 0 Å². The maximum Gasteiger partial charge on any atom is 0.504 e. The average molecular weight is 149 g/mol. The summed E-state index contributed by atoms with van der Waals surface area (Å²) in [6.45, 7) is 0. The molecule has 0 bridgehead atoms. The van der Waals surface area contributed by atoms with Crippen molar-refractivity contribution in [2.75, 3.05) is 0 Å². The SMILES string of the molecule is N#Cc1ncc(OBO)cn1. The normalized spacial score (nSPS) is 8.36. The summed E-state index contributed by atoms with van der Waals surface area (Å²) in [5, 5.41) is 16.6. The van der Waals surface area contributed by atoms with Gasteiger partial charge in [0.25, 0.3) is 0 Å². The minimum atomic E-state index is -0.421. The summed E-state index contributed by atoms with van der Waals surface area (Å²) in [5.41, 5.74) is 0. The molecule has 0 fully saturated rings. The van der Waals surface area contributed by atoms with Gasteiger partial charge in [0.05, 0.1) is 12.4 Å². The fourth-order valence-electron chi connectivity index (χ4n) is 0.523. The van der Waals surface area contributed by atoms with Crippen LogP contribution in [0.15, 0.2) is 12.4 Å². The average Bonchev–Trinajstić information content (AvgIpc) is 2.07. The van der Waals surface area contributed by atoms with E-state index in [2.05, 4.69) is 14.6 Å². The number of hydrogen-bond donors (Lipinski definition) is 1. The van der Waals surface area contributed by atoms with Gasteiger partial charge in [0, 0.05) is 0 Å². The topological polar surface area (TPSA) is 79.0 Å². The molecule has 0 aliphatic rings. The molecule has 0 spiro atoms. The van der Waals surface area contributed by atoms with Crippen molar-refractivity contribution in [3.05, 3.63) is 18.2 Å². The van der Waals surface area contributed by atoms with Crippen molar-refractivity contribution >= 4 is 7.69 Å². The van der Waals surface area contributed by atoms with Gasteiger partial charge in [-0.3, -0.25) is 0 Å². The summed E-state index contributed by atoms with van der Waals surface area (Å²) < 4.78 is 4.63. The minimum absolute atomic E-state index is 0.0790. The van der Waals surface area contributed by atoms with Crippen LogP contribution in [-0.4, -0.2) is 22.7 Å². The highest BCUT2D eigenvalue weighted by molar-refractivity contribution is 6.17. The Balaban J connectivity index is 2.76. The van der Waals surface area contributed by atoms with Crippen LogP contribution in [0.4, 0.5) is 0 Å². The smallest absolute Gasteiger partial charge is 0.504 e. The molecule has 1 heterocycles. The molecule has 5 nitrogen and oxygen atoms in total. The molecule has 0 radical (unpaired) electrons. The number of nitriles is 1. The van der Waals surface area contributed by atoms with Crippen molar-refractivity contribution in [1.29, 1.82) is 5.26 Å². The van der Waals surface area contributed by atoms with E-state index in [4.69, 9.17) is 10.3 Å². The first-order chi connectivity index (χ1) is 5.36. The predicted molar refractivity (Wildman–Crippen MR) is 36.7 cm³/mol. The molecule has 1 rings (SSSR count). The lowest BCUT2D eigenvalue weighted by Gasteiger charge is -1.97. The van der Waals surface area contributed by atoms with Gasteiger partial charge in [0.15, 0.2) is 0 Å². The maximum absolute atomic E-state index is 8.30. The standard InChI is InChI=1S/C5H4BN3O2/c7-1-5-8-2-4(3-9-5)11-6-10/h2-3,6,10H. The van der Waals surface area contributed by atoms with E-state index in [1.165, 1.54) is 12.4 Å². The fraction of sp³-hybridized carbons (Fsp3) is 0. The second-order valence-electron chi connectivity index (χ2n) is 1.63. The molecule has 0 aromatic carbocycles. The Morgan fingerprint density at radius 1 is 1.55 bits per heavy atom. The van der Waals surface area contributed by atoms with E-state index in [0.29, 0.717) is 5.75 Å². The third-order valence-corrected chi connectivity index (χ3v) is 0.959. The van der Waals surface area contributed by atoms with Crippen molar-refractivity contribution in [3.63, 3.8) is 0 Å². The minimum Gasteiger partial charge on any atom is -0.537 e. The molecule has 1 aromatic rings. The van der Waals surface area contributed by atoms with Gasteiger partial charge in [-0.25, -0.2) is 9.97 Å². The van der Waals surface area contributed by atoms with Gasteiger partial charge >= 0.3 is 7.69 Å². The summed E-state index contributed by atoms with van der Waals surface area (Å²) in [6, 6.07) is 1.76.